The predicted molar refractivity (Wildman–Crippen MR) is 128 cm³/mol. The van der Waals surface area contributed by atoms with Crippen LogP contribution in [0.25, 0.3) is 0 Å². The first-order chi connectivity index (χ1) is 16.2. The fourth-order valence-electron chi connectivity index (χ4n) is 5.04. The summed E-state index contributed by atoms with van der Waals surface area (Å²) >= 11 is 0. The molecule has 1 aliphatic heterocycles. The second kappa shape index (κ2) is 11.8. The van der Waals surface area contributed by atoms with Gasteiger partial charge in [0.05, 0.1) is 39.6 Å². The normalized spacial score (nSPS) is 24.5. The van der Waals surface area contributed by atoms with Gasteiger partial charge in [-0.15, -0.1) is 0 Å². The minimum absolute atomic E-state index is 0.140. The highest BCUT2D eigenvalue weighted by Crippen LogP contribution is 2.32. The van der Waals surface area contributed by atoms with Crippen LogP contribution in [0, 0.1) is 0 Å². The molecule has 0 aromatic heterocycles. The van der Waals surface area contributed by atoms with Gasteiger partial charge in [0.2, 0.25) is 0 Å². The Bertz CT molecular complexity index is 861. The summed E-state index contributed by atoms with van der Waals surface area (Å²) in [6.07, 6.45) is 5.35. The molecule has 0 amide bonds. The van der Waals surface area contributed by atoms with Crippen LogP contribution in [0.1, 0.15) is 49.3 Å². The van der Waals surface area contributed by atoms with E-state index in [0.717, 1.165) is 37.9 Å². The van der Waals surface area contributed by atoms with E-state index in [0.29, 0.717) is 24.1 Å². The molecule has 1 N–H and O–H groups in total. The van der Waals surface area contributed by atoms with Gasteiger partial charge in [-0.3, -0.25) is 4.90 Å². The van der Waals surface area contributed by atoms with E-state index in [4.69, 9.17) is 18.9 Å². The summed E-state index contributed by atoms with van der Waals surface area (Å²) in [5, 5.41) is 10.8. The average molecular weight is 456 g/mol. The first-order valence-electron chi connectivity index (χ1n) is 12.1. The lowest BCUT2D eigenvalue weighted by atomic mass is 9.91. The van der Waals surface area contributed by atoms with Crippen molar-refractivity contribution in [2.45, 2.75) is 63.1 Å². The second-order valence-corrected chi connectivity index (χ2v) is 9.06. The predicted octanol–water partition coefficient (Wildman–Crippen LogP) is 4.36. The highest BCUT2D eigenvalue weighted by molar-refractivity contribution is 5.43. The van der Waals surface area contributed by atoms with Crippen molar-refractivity contribution in [1.82, 2.24) is 4.90 Å². The summed E-state index contributed by atoms with van der Waals surface area (Å²) in [5.41, 5.74) is 1.99. The quantitative estimate of drug-likeness (QED) is 0.575. The van der Waals surface area contributed by atoms with Crippen molar-refractivity contribution in [3.63, 3.8) is 0 Å². The molecule has 1 heterocycles. The molecule has 2 fully saturated rings. The minimum Gasteiger partial charge on any atom is -0.493 e. The fourth-order valence-corrected chi connectivity index (χ4v) is 5.04. The van der Waals surface area contributed by atoms with Crippen LogP contribution in [0.2, 0.25) is 0 Å². The molecule has 2 aromatic rings. The molecule has 2 aliphatic rings. The molecule has 33 heavy (non-hydrogen) atoms. The monoisotopic (exact) mass is 455 g/mol. The van der Waals surface area contributed by atoms with Gasteiger partial charge in [-0.2, -0.15) is 0 Å². The third-order valence-electron chi connectivity index (χ3n) is 6.90. The van der Waals surface area contributed by atoms with Gasteiger partial charge in [0, 0.05) is 19.1 Å². The van der Waals surface area contributed by atoms with Crippen molar-refractivity contribution in [3.8, 4) is 11.5 Å². The number of rotatable bonds is 10. The molecular formula is C27H37NO5. The van der Waals surface area contributed by atoms with Gasteiger partial charge in [-0.1, -0.05) is 49.2 Å². The van der Waals surface area contributed by atoms with Gasteiger partial charge < -0.3 is 24.1 Å². The lowest BCUT2D eigenvalue weighted by Crippen LogP contribution is -2.46. The zero-order valence-electron chi connectivity index (χ0n) is 19.8. The summed E-state index contributed by atoms with van der Waals surface area (Å²) in [5.74, 6) is 1.27. The molecule has 6 heteroatoms. The molecule has 4 rings (SSSR count). The van der Waals surface area contributed by atoms with Crippen LogP contribution < -0.4 is 9.47 Å². The summed E-state index contributed by atoms with van der Waals surface area (Å²) in [7, 11) is 3.21. The summed E-state index contributed by atoms with van der Waals surface area (Å²) in [6.45, 7) is 2.94. The van der Waals surface area contributed by atoms with E-state index in [1.165, 1.54) is 18.4 Å². The van der Waals surface area contributed by atoms with Crippen molar-refractivity contribution in [1.29, 1.82) is 0 Å². The van der Waals surface area contributed by atoms with E-state index in [9.17, 15) is 5.11 Å². The lowest BCUT2D eigenvalue weighted by molar-refractivity contribution is -0.0653. The van der Waals surface area contributed by atoms with Gasteiger partial charge in [0.1, 0.15) is 6.10 Å². The maximum Gasteiger partial charge on any atom is 0.161 e. The van der Waals surface area contributed by atoms with Crippen LogP contribution in [0.5, 0.6) is 11.5 Å². The summed E-state index contributed by atoms with van der Waals surface area (Å²) in [4.78, 5) is 2.54. The van der Waals surface area contributed by atoms with Crippen LogP contribution in [0.3, 0.4) is 0 Å². The highest BCUT2D eigenvalue weighted by atomic mass is 16.5. The van der Waals surface area contributed by atoms with E-state index >= 15 is 0 Å². The molecule has 1 unspecified atom stereocenters. The molecule has 2 aromatic carbocycles. The van der Waals surface area contributed by atoms with Crippen molar-refractivity contribution >= 4 is 0 Å². The van der Waals surface area contributed by atoms with Crippen LogP contribution in [0.4, 0.5) is 0 Å². The molecule has 0 radical (unpaired) electrons. The van der Waals surface area contributed by atoms with Crippen molar-refractivity contribution in [2.75, 3.05) is 33.9 Å². The van der Waals surface area contributed by atoms with Crippen molar-refractivity contribution in [3.05, 3.63) is 59.7 Å². The SMILES string of the molecule is COc1ccc(C(O)CO[C@@H]2CCCC[C@H]2N2CC[C@@H](OCc3ccccc3)C2)cc1OC. The number of likely N-dealkylation sites (tertiary alicyclic amines) is 1. The number of hydrogen-bond donors (Lipinski definition) is 1. The average Bonchev–Trinajstić information content (AvgIpc) is 3.35. The molecule has 1 saturated heterocycles. The maximum atomic E-state index is 10.8. The van der Waals surface area contributed by atoms with Gasteiger partial charge in [-0.05, 0) is 42.5 Å². The summed E-state index contributed by atoms with van der Waals surface area (Å²) in [6, 6.07) is 16.3. The van der Waals surface area contributed by atoms with Crippen LogP contribution in [-0.2, 0) is 16.1 Å². The Morgan fingerprint density at radius 1 is 0.939 bits per heavy atom. The number of benzene rings is 2. The largest absolute Gasteiger partial charge is 0.493 e. The number of hydrogen-bond acceptors (Lipinski definition) is 6. The highest BCUT2D eigenvalue weighted by Gasteiger charge is 2.35. The molecule has 1 aliphatic carbocycles. The number of ether oxygens (including phenoxy) is 4. The van der Waals surface area contributed by atoms with Gasteiger partial charge in [0.25, 0.3) is 0 Å². The number of methoxy groups -OCH3 is 2. The van der Waals surface area contributed by atoms with Crippen LogP contribution >= 0.6 is 0 Å². The van der Waals surface area contributed by atoms with E-state index in [1.807, 2.05) is 24.3 Å². The van der Waals surface area contributed by atoms with Crippen molar-refractivity contribution in [2.24, 2.45) is 0 Å². The Kier molecular flexibility index (Phi) is 8.62. The van der Waals surface area contributed by atoms with Gasteiger partial charge in [0.15, 0.2) is 11.5 Å². The molecule has 1 saturated carbocycles. The minimum atomic E-state index is -0.701. The smallest absolute Gasteiger partial charge is 0.161 e. The Hall–Kier alpha value is -2.12. The number of aliphatic hydroxyl groups excluding tert-OH is 1. The van der Waals surface area contributed by atoms with E-state index in [2.05, 4.69) is 29.2 Å². The fraction of sp³-hybridized carbons (Fsp3) is 0.556. The maximum absolute atomic E-state index is 10.8. The number of aliphatic hydroxyl groups is 1. The molecule has 6 nitrogen and oxygen atoms in total. The first-order valence-corrected chi connectivity index (χ1v) is 12.1. The van der Waals surface area contributed by atoms with Crippen LogP contribution in [0.15, 0.2) is 48.5 Å². The van der Waals surface area contributed by atoms with E-state index < -0.39 is 6.10 Å². The Labute approximate surface area is 197 Å². The molecule has 0 spiro atoms. The van der Waals surface area contributed by atoms with E-state index in [1.54, 1.807) is 14.2 Å². The first kappa shape index (κ1) is 24.0. The van der Waals surface area contributed by atoms with Gasteiger partial charge >= 0.3 is 0 Å². The third kappa shape index (κ3) is 6.27. The van der Waals surface area contributed by atoms with Crippen molar-refractivity contribution < 1.29 is 24.1 Å². The summed E-state index contributed by atoms with van der Waals surface area (Å²) < 4.78 is 23.2. The Balaban J connectivity index is 1.29. The zero-order chi connectivity index (χ0) is 23.0. The Morgan fingerprint density at radius 2 is 1.73 bits per heavy atom. The molecule has 180 valence electrons. The third-order valence-corrected chi connectivity index (χ3v) is 6.90. The Morgan fingerprint density at radius 3 is 2.52 bits per heavy atom. The molecule has 0 bridgehead atoms. The number of nitrogens with zero attached hydrogens (tertiary/aromatic N) is 1. The zero-order valence-corrected chi connectivity index (χ0v) is 19.8. The van der Waals surface area contributed by atoms with Crippen LogP contribution in [-0.4, -0.2) is 62.2 Å². The standard InChI is InChI=1S/C27H37NO5/c1-30-26-13-12-21(16-27(26)31-2)24(29)19-33-25-11-7-6-10-23(25)28-15-14-22(17-28)32-18-20-8-4-3-5-9-20/h3-5,8-9,12-13,16,22-25,29H,6-7,10-11,14-15,17-19H2,1-2H3/t22-,23-,24?,25-/m1/s1. The second-order valence-electron chi connectivity index (χ2n) is 9.06. The van der Waals surface area contributed by atoms with Gasteiger partial charge in [-0.25, -0.2) is 0 Å². The molecule has 4 atom stereocenters. The lowest BCUT2D eigenvalue weighted by Gasteiger charge is -2.38. The molecular weight excluding hydrogens is 418 g/mol. The topological polar surface area (TPSA) is 60.4 Å². The van der Waals surface area contributed by atoms with E-state index in [-0.39, 0.29) is 18.8 Å².